The van der Waals surface area contributed by atoms with E-state index in [2.05, 4.69) is 9.97 Å². The molecule has 2 heterocycles. The van der Waals surface area contributed by atoms with Crippen molar-refractivity contribution in [2.45, 2.75) is 20.8 Å². The molecule has 18 heavy (non-hydrogen) atoms. The molecule has 2 rings (SSSR count). The summed E-state index contributed by atoms with van der Waals surface area (Å²) in [5.74, 6) is -1.01. The number of pyridine rings is 2. The van der Waals surface area contributed by atoms with Crippen molar-refractivity contribution in [2.24, 2.45) is 0 Å². The number of carboxylic acids is 1. The fourth-order valence-corrected chi connectivity index (χ4v) is 1.87. The predicted molar refractivity (Wildman–Crippen MR) is 68.6 cm³/mol. The van der Waals surface area contributed by atoms with E-state index in [9.17, 15) is 4.79 Å². The van der Waals surface area contributed by atoms with E-state index in [0.717, 1.165) is 27.9 Å². The lowest BCUT2D eigenvalue weighted by Crippen LogP contribution is -2.04. The van der Waals surface area contributed by atoms with Crippen molar-refractivity contribution in [3.8, 4) is 11.1 Å². The van der Waals surface area contributed by atoms with Crippen molar-refractivity contribution in [3.05, 3.63) is 47.0 Å². The van der Waals surface area contributed by atoms with Gasteiger partial charge in [-0.15, -0.1) is 0 Å². The Hall–Kier alpha value is -2.23. The Kier molecular flexibility index (Phi) is 3.10. The number of aromatic carboxylic acids is 1. The van der Waals surface area contributed by atoms with Crippen LogP contribution in [0.5, 0.6) is 0 Å². The molecule has 0 aliphatic heterocycles. The molecule has 0 saturated heterocycles. The van der Waals surface area contributed by atoms with Crippen LogP contribution in [0, 0.1) is 20.8 Å². The van der Waals surface area contributed by atoms with Crippen LogP contribution in [0.15, 0.2) is 24.5 Å². The van der Waals surface area contributed by atoms with Crippen molar-refractivity contribution in [1.82, 2.24) is 9.97 Å². The van der Waals surface area contributed by atoms with Crippen molar-refractivity contribution < 1.29 is 9.90 Å². The number of rotatable bonds is 2. The molecule has 2 aromatic heterocycles. The number of carboxylic acid groups (broad SMARTS) is 1. The highest BCUT2D eigenvalue weighted by Crippen LogP contribution is 2.27. The molecule has 4 nitrogen and oxygen atoms in total. The maximum atomic E-state index is 11.1. The first kappa shape index (κ1) is 12.2. The van der Waals surface area contributed by atoms with Crippen LogP contribution in [0.25, 0.3) is 11.1 Å². The van der Waals surface area contributed by atoms with Gasteiger partial charge in [0.25, 0.3) is 0 Å². The van der Waals surface area contributed by atoms with Crippen LogP contribution in [0.1, 0.15) is 27.3 Å². The van der Waals surface area contributed by atoms with Gasteiger partial charge in [0.05, 0.1) is 0 Å². The second-order valence-corrected chi connectivity index (χ2v) is 4.26. The van der Waals surface area contributed by atoms with Crippen molar-refractivity contribution >= 4 is 5.97 Å². The lowest BCUT2D eigenvalue weighted by atomic mass is 9.97. The van der Waals surface area contributed by atoms with E-state index in [1.54, 1.807) is 18.5 Å². The molecule has 0 amide bonds. The summed E-state index contributed by atoms with van der Waals surface area (Å²) in [5.41, 5.74) is 4.67. The first-order valence-electron chi connectivity index (χ1n) is 5.63. The Morgan fingerprint density at radius 3 is 2.56 bits per heavy atom. The number of hydrogen-bond donors (Lipinski definition) is 1. The predicted octanol–water partition coefficient (Wildman–Crippen LogP) is 2.77. The van der Waals surface area contributed by atoms with Gasteiger partial charge < -0.3 is 5.11 Å². The molecule has 0 aliphatic rings. The third-order valence-electron chi connectivity index (χ3n) is 3.06. The first-order chi connectivity index (χ1) is 8.50. The van der Waals surface area contributed by atoms with Crippen LogP contribution in [0.4, 0.5) is 0 Å². The number of carbonyl (C=O) groups is 1. The van der Waals surface area contributed by atoms with Crippen LogP contribution >= 0.6 is 0 Å². The van der Waals surface area contributed by atoms with E-state index in [1.165, 1.54) is 0 Å². The molecule has 2 aromatic rings. The van der Waals surface area contributed by atoms with E-state index in [1.807, 2.05) is 26.8 Å². The van der Waals surface area contributed by atoms with E-state index < -0.39 is 5.97 Å². The van der Waals surface area contributed by atoms with Gasteiger partial charge in [-0.25, -0.2) is 9.78 Å². The second kappa shape index (κ2) is 4.56. The van der Waals surface area contributed by atoms with Crippen LogP contribution in [-0.2, 0) is 0 Å². The van der Waals surface area contributed by atoms with Crippen LogP contribution < -0.4 is 0 Å². The minimum absolute atomic E-state index is 0.0661. The molecule has 4 heteroatoms. The highest BCUT2D eigenvalue weighted by atomic mass is 16.4. The van der Waals surface area contributed by atoms with Crippen molar-refractivity contribution in [3.63, 3.8) is 0 Å². The van der Waals surface area contributed by atoms with Crippen molar-refractivity contribution in [2.75, 3.05) is 0 Å². The SMILES string of the molecule is Cc1ccncc1-c1cc(C(=O)O)nc(C)c1C. The Labute approximate surface area is 105 Å². The average Bonchev–Trinajstić information content (AvgIpc) is 2.33. The van der Waals surface area contributed by atoms with Gasteiger partial charge in [0.15, 0.2) is 0 Å². The molecule has 0 unspecified atom stereocenters. The summed E-state index contributed by atoms with van der Waals surface area (Å²) in [6.45, 7) is 5.74. The summed E-state index contributed by atoms with van der Waals surface area (Å²) in [5, 5.41) is 9.06. The topological polar surface area (TPSA) is 63.1 Å². The smallest absolute Gasteiger partial charge is 0.354 e. The maximum absolute atomic E-state index is 11.1. The molecule has 0 spiro atoms. The van der Waals surface area contributed by atoms with Crippen LogP contribution in [0.3, 0.4) is 0 Å². The normalized spacial score (nSPS) is 10.4. The highest BCUT2D eigenvalue weighted by molar-refractivity contribution is 5.88. The fraction of sp³-hybridized carbons (Fsp3) is 0.214. The highest BCUT2D eigenvalue weighted by Gasteiger charge is 2.13. The molecular weight excluding hydrogens is 228 g/mol. The standard InChI is InChI=1S/C14H14N2O2/c1-8-4-5-15-7-12(8)11-6-13(14(17)18)16-10(3)9(11)2/h4-7H,1-3H3,(H,17,18). The maximum Gasteiger partial charge on any atom is 0.354 e. The van der Waals surface area contributed by atoms with Crippen molar-refractivity contribution in [1.29, 1.82) is 0 Å². The molecular formula is C14H14N2O2. The lowest BCUT2D eigenvalue weighted by molar-refractivity contribution is 0.0690. The average molecular weight is 242 g/mol. The van der Waals surface area contributed by atoms with Gasteiger partial charge in [0, 0.05) is 23.7 Å². The van der Waals surface area contributed by atoms with Gasteiger partial charge in [-0.3, -0.25) is 4.98 Å². The monoisotopic (exact) mass is 242 g/mol. The Balaban J connectivity index is 2.71. The molecule has 0 atom stereocenters. The zero-order valence-electron chi connectivity index (χ0n) is 10.6. The van der Waals surface area contributed by atoms with Gasteiger partial charge in [-0.05, 0) is 49.6 Å². The first-order valence-corrected chi connectivity index (χ1v) is 5.63. The third-order valence-corrected chi connectivity index (χ3v) is 3.06. The van der Waals surface area contributed by atoms with Gasteiger partial charge in [0.2, 0.25) is 0 Å². The summed E-state index contributed by atoms with van der Waals surface area (Å²) < 4.78 is 0. The number of aromatic nitrogens is 2. The van der Waals surface area contributed by atoms with Crippen LogP contribution in [0.2, 0.25) is 0 Å². The molecule has 0 radical (unpaired) electrons. The van der Waals surface area contributed by atoms with Crippen LogP contribution in [-0.4, -0.2) is 21.0 Å². The summed E-state index contributed by atoms with van der Waals surface area (Å²) in [6, 6.07) is 3.51. The second-order valence-electron chi connectivity index (χ2n) is 4.26. The fourth-order valence-electron chi connectivity index (χ4n) is 1.87. The number of aryl methyl sites for hydroxylation is 2. The summed E-state index contributed by atoms with van der Waals surface area (Å²) in [4.78, 5) is 19.2. The van der Waals surface area contributed by atoms with Gasteiger partial charge in [-0.1, -0.05) is 0 Å². The quantitative estimate of drug-likeness (QED) is 0.879. The lowest BCUT2D eigenvalue weighted by Gasteiger charge is -2.11. The minimum Gasteiger partial charge on any atom is -0.477 e. The zero-order chi connectivity index (χ0) is 13.3. The van der Waals surface area contributed by atoms with Gasteiger partial charge >= 0.3 is 5.97 Å². The van der Waals surface area contributed by atoms with Gasteiger partial charge in [0.1, 0.15) is 5.69 Å². The number of nitrogens with zero attached hydrogens (tertiary/aromatic N) is 2. The van der Waals surface area contributed by atoms with E-state index in [0.29, 0.717) is 0 Å². The summed E-state index contributed by atoms with van der Waals surface area (Å²) >= 11 is 0. The summed E-state index contributed by atoms with van der Waals surface area (Å²) in [7, 11) is 0. The minimum atomic E-state index is -1.01. The number of hydrogen-bond acceptors (Lipinski definition) is 3. The molecule has 0 fully saturated rings. The summed E-state index contributed by atoms with van der Waals surface area (Å²) in [6.07, 6.45) is 3.48. The molecule has 0 aliphatic carbocycles. The third kappa shape index (κ3) is 2.09. The molecule has 92 valence electrons. The van der Waals surface area contributed by atoms with Gasteiger partial charge in [-0.2, -0.15) is 0 Å². The molecule has 0 bridgehead atoms. The molecule has 0 saturated carbocycles. The Morgan fingerprint density at radius 2 is 1.94 bits per heavy atom. The largest absolute Gasteiger partial charge is 0.477 e. The zero-order valence-corrected chi connectivity index (χ0v) is 10.6. The van der Waals surface area contributed by atoms with E-state index >= 15 is 0 Å². The Bertz CT molecular complexity index is 621. The molecule has 0 aromatic carbocycles. The van der Waals surface area contributed by atoms with E-state index in [-0.39, 0.29) is 5.69 Å². The molecule has 1 N–H and O–H groups in total. The van der Waals surface area contributed by atoms with E-state index in [4.69, 9.17) is 5.11 Å². The Morgan fingerprint density at radius 1 is 1.22 bits per heavy atom.